The fourth-order valence-electron chi connectivity index (χ4n) is 0.849. The van der Waals surface area contributed by atoms with Gasteiger partial charge in [-0.25, -0.2) is 17.9 Å². The molecule has 0 aromatic rings. The van der Waals surface area contributed by atoms with Gasteiger partial charge in [0.05, 0.1) is 12.8 Å². The summed E-state index contributed by atoms with van der Waals surface area (Å²) >= 11 is 0. The van der Waals surface area contributed by atoms with Crippen molar-refractivity contribution in [1.29, 1.82) is 0 Å². The number of hydrogen-bond acceptors (Lipinski definition) is 5. The molecular weight excluding hydrogens is 198 g/mol. The third kappa shape index (κ3) is 2.16. The van der Waals surface area contributed by atoms with Crippen LogP contribution in [-0.2, 0) is 14.8 Å². The highest BCUT2D eigenvalue weighted by Crippen LogP contribution is 2.07. The van der Waals surface area contributed by atoms with Crippen molar-refractivity contribution >= 4 is 22.0 Å². The van der Waals surface area contributed by atoms with Crippen molar-refractivity contribution in [3.63, 3.8) is 0 Å². The molecule has 74 valence electrons. The van der Waals surface area contributed by atoms with Crippen LogP contribution in [0.2, 0.25) is 0 Å². The van der Waals surface area contributed by atoms with Crippen molar-refractivity contribution in [3.8, 4) is 0 Å². The Kier molecular flexibility index (Phi) is 2.26. The van der Waals surface area contributed by atoms with Gasteiger partial charge in [0.2, 0.25) is 15.9 Å². The molecule has 8 heteroatoms. The lowest BCUT2D eigenvalue weighted by molar-refractivity contribution is -0.137. The average Bonchev–Trinajstić information content (AvgIpc) is 1.95. The molecule has 0 aromatic heterocycles. The molecule has 0 aliphatic carbocycles. The summed E-state index contributed by atoms with van der Waals surface area (Å²) in [4.78, 5) is 22.5. The van der Waals surface area contributed by atoms with Crippen molar-refractivity contribution in [3.05, 3.63) is 0 Å². The summed E-state index contributed by atoms with van der Waals surface area (Å²) in [7, 11) is -3.62. The zero-order valence-corrected chi connectivity index (χ0v) is 7.67. The summed E-state index contributed by atoms with van der Waals surface area (Å²) in [6.45, 7) is 0.0557. The Labute approximate surface area is 74.9 Å². The first-order valence-electron chi connectivity index (χ1n) is 3.40. The van der Waals surface area contributed by atoms with E-state index in [4.69, 9.17) is 5.73 Å². The van der Waals surface area contributed by atoms with Gasteiger partial charge in [-0.3, -0.25) is 9.69 Å². The van der Waals surface area contributed by atoms with E-state index in [0.717, 1.165) is 11.2 Å². The molecule has 13 heavy (non-hydrogen) atoms. The van der Waals surface area contributed by atoms with Gasteiger partial charge in [0.15, 0.2) is 0 Å². The van der Waals surface area contributed by atoms with Crippen LogP contribution in [0.4, 0.5) is 4.79 Å². The van der Waals surface area contributed by atoms with Gasteiger partial charge in [-0.05, 0) is 0 Å². The van der Waals surface area contributed by atoms with E-state index in [1.807, 2.05) is 0 Å². The van der Waals surface area contributed by atoms with E-state index in [9.17, 15) is 18.0 Å². The minimum atomic E-state index is -3.62. The quantitative estimate of drug-likeness (QED) is 0.475. The van der Waals surface area contributed by atoms with Gasteiger partial charge in [0.1, 0.15) is 6.04 Å². The number of nitrogens with zero attached hydrogens (tertiary/aromatic N) is 1. The number of rotatable bonds is 1. The van der Waals surface area contributed by atoms with Gasteiger partial charge in [-0.15, -0.1) is 0 Å². The van der Waals surface area contributed by atoms with E-state index < -0.39 is 28.0 Å². The highest BCUT2D eigenvalue weighted by Gasteiger charge is 2.38. The number of hydrogen-bond donors (Lipinski definition) is 2. The molecule has 7 nitrogen and oxygen atoms in total. The molecule has 0 saturated carbocycles. The number of urea groups is 1. The normalized spacial score (nSPS) is 22.5. The average molecular weight is 207 g/mol. The summed E-state index contributed by atoms with van der Waals surface area (Å²) < 4.78 is 22.8. The van der Waals surface area contributed by atoms with E-state index >= 15 is 0 Å². The molecular formula is C5H9N3O4S. The van der Waals surface area contributed by atoms with Gasteiger partial charge in [0, 0.05) is 0 Å². The largest absolute Gasteiger partial charge is 0.337 e. The lowest BCUT2D eigenvalue weighted by atomic mass is 10.1. The number of imide groups is 1. The van der Waals surface area contributed by atoms with Crippen LogP contribution in [0.1, 0.15) is 0 Å². The van der Waals surface area contributed by atoms with E-state index in [2.05, 4.69) is 0 Å². The second-order valence-corrected chi connectivity index (χ2v) is 4.48. The fourth-order valence-corrected chi connectivity index (χ4v) is 1.28. The lowest BCUT2D eigenvalue weighted by Gasteiger charge is -2.33. The Morgan fingerprint density at radius 1 is 1.69 bits per heavy atom. The minimum absolute atomic E-state index is 0.0557. The van der Waals surface area contributed by atoms with Crippen LogP contribution in [0.15, 0.2) is 0 Å². The molecule has 0 unspecified atom stereocenters. The van der Waals surface area contributed by atoms with Gasteiger partial charge in [-0.1, -0.05) is 0 Å². The SMILES string of the molecule is CS(=O)(=O)NC(=O)N1C[C@H](N)C1=O. The fraction of sp³-hybridized carbons (Fsp3) is 0.600. The maximum Gasteiger partial charge on any atom is 0.337 e. The van der Waals surface area contributed by atoms with Crippen LogP contribution in [0.5, 0.6) is 0 Å². The summed E-state index contributed by atoms with van der Waals surface area (Å²) in [5.41, 5.74) is 5.19. The molecule has 1 aliphatic heterocycles. The number of amides is 3. The highest BCUT2D eigenvalue weighted by atomic mass is 32.2. The molecule has 3 N–H and O–H groups in total. The number of sulfonamides is 1. The maximum atomic E-state index is 11.0. The first-order chi connectivity index (χ1) is 5.81. The predicted octanol–water partition coefficient (Wildman–Crippen LogP) is -2.17. The van der Waals surface area contributed by atoms with E-state index in [0.29, 0.717) is 0 Å². The summed E-state index contributed by atoms with van der Waals surface area (Å²) in [5.74, 6) is -0.568. The number of β-lactam (4-membered cyclic amide) rings is 1. The summed E-state index contributed by atoms with van der Waals surface area (Å²) in [5, 5.41) is 0. The molecule has 0 radical (unpaired) electrons. The number of carbonyl (C=O) groups excluding carboxylic acids is 2. The Morgan fingerprint density at radius 3 is 2.54 bits per heavy atom. The number of carbonyl (C=O) groups is 2. The van der Waals surface area contributed by atoms with Gasteiger partial charge in [0.25, 0.3) is 0 Å². The molecule has 1 fully saturated rings. The topological polar surface area (TPSA) is 110 Å². The van der Waals surface area contributed by atoms with E-state index in [1.54, 1.807) is 4.72 Å². The number of nitrogens with two attached hydrogens (primary N) is 1. The third-order valence-electron chi connectivity index (χ3n) is 1.48. The van der Waals surface area contributed by atoms with Crippen molar-refractivity contribution < 1.29 is 18.0 Å². The van der Waals surface area contributed by atoms with Crippen molar-refractivity contribution in [1.82, 2.24) is 9.62 Å². The molecule has 3 amide bonds. The van der Waals surface area contributed by atoms with Crippen LogP contribution in [0.3, 0.4) is 0 Å². The highest BCUT2D eigenvalue weighted by molar-refractivity contribution is 7.89. The molecule has 1 atom stereocenters. The van der Waals surface area contributed by atoms with Gasteiger partial charge >= 0.3 is 6.03 Å². The number of nitrogens with one attached hydrogen (secondary N) is 1. The molecule has 1 saturated heterocycles. The van der Waals surface area contributed by atoms with Crippen molar-refractivity contribution in [2.75, 3.05) is 12.8 Å². The van der Waals surface area contributed by atoms with Crippen LogP contribution >= 0.6 is 0 Å². The monoisotopic (exact) mass is 207 g/mol. The van der Waals surface area contributed by atoms with Crippen LogP contribution in [0.25, 0.3) is 0 Å². The Morgan fingerprint density at radius 2 is 2.23 bits per heavy atom. The van der Waals surface area contributed by atoms with Crippen LogP contribution in [0, 0.1) is 0 Å². The van der Waals surface area contributed by atoms with Crippen molar-refractivity contribution in [2.45, 2.75) is 6.04 Å². The van der Waals surface area contributed by atoms with Gasteiger partial charge in [-0.2, -0.15) is 0 Å². The molecule has 0 bridgehead atoms. The van der Waals surface area contributed by atoms with E-state index in [1.165, 1.54) is 0 Å². The maximum absolute atomic E-state index is 11.0. The van der Waals surface area contributed by atoms with Gasteiger partial charge < -0.3 is 5.73 Å². The zero-order valence-electron chi connectivity index (χ0n) is 6.85. The lowest BCUT2D eigenvalue weighted by Crippen LogP contribution is -2.65. The third-order valence-corrected chi connectivity index (χ3v) is 2.03. The zero-order chi connectivity index (χ0) is 10.2. The first-order valence-corrected chi connectivity index (χ1v) is 5.29. The molecule has 1 aliphatic rings. The predicted molar refractivity (Wildman–Crippen MR) is 43.1 cm³/mol. The smallest absolute Gasteiger partial charge is 0.318 e. The molecule has 1 rings (SSSR count). The molecule has 0 spiro atoms. The Hall–Kier alpha value is -1.15. The van der Waals surface area contributed by atoms with Crippen LogP contribution < -0.4 is 10.5 Å². The first kappa shape index (κ1) is 9.93. The minimum Gasteiger partial charge on any atom is -0.318 e. The number of likely N-dealkylation sites (tertiary alicyclic amines) is 1. The second kappa shape index (κ2) is 2.96. The van der Waals surface area contributed by atoms with E-state index in [-0.39, 0.29) is 6.54 Å². The molecule has 0 aromatic carbocycles. The van der Waals surface area contributed by atoms with Crippen molar-refractivity contribution in [2.24, 2.45) is 5.73 Å². The standard InChI is InChI=1S/C5H9N3O4S/c1-13(11,12)7-5(10)8-2-3(6)4(8)9/h3H,2,6H2,1H3,(H,7,10)/t3-/m0/s1. The second-order valence-electron chi connectivity index (χ2n) is 2.73. The van der Waals surface area contributed by atoms with Crippen LogP contribution in [-0.4, -0.2) is 44.1 Å². The Balaban J connectivity index is 2.57. The summed E-state index contributed by atoms with van der Waals surface area (Å²) in [6, 6.07) is -1.64. The summed E-state index contributed by atoms with van der Waals surface area (Å²) in [6.07, 6.45) is 0.828. The molecule has 1 heterocycles. The Bertz CT molecular complexity index is 349.